The third-order valence-corrected chi connectivity index (χ3v) is 4.95. The summed E-state index contributed by atoms with van der Waals surface area (Å²) in [6.07, 6.45) is 3.98. The van der Waals surface area contributed by atoms with Gasteiger partial charge < -0.3 is 5.32 Å². The van der Waals surface area contributed by atoms with Crippen molar-refractivity contribution < 1.29 is 4.39 Å². The molecule has 1 saturated heterocycles. The summed E-state index contributed by atoms with van der Waals surface area (Å²) in [6, 6.07) is 9.38. The lowest BCUT2D eigenvalue weighted by atomic mass is 9.95. The second kappa shape index (κ2) is 6.05. The summed E-state index contributed by atoms with van der Waals surface area (Å²) in [5, 5.41) is 3.83. The van der Waals surface area contributed by atoms with Crippen molar-refractivity contribution in [2.75, 3.05) is 6.54 Å². The van der Waals surface area contributed by atoms with Gasteiger partial charge in [0.25, 0.3) is 0 Å². The number of hydrogen-bond acceptors (Lipinski definition) is 2. The summed E-state index contributed by atoms with van der Waals surface area (Å²) in [4.78, 5) is 2.67. The van der Waals surface area contributed by atoms with Gasteiger partial charge in [-0.15, -0.1) is 0 Å². The smallest absolute Gasteiger partial charge is 0.123 e. The molecule has 1 aliphatic carbocycles. The van der Waals surface area contributed by atoms with Crippen molar-refractivity contribution in [2.24, 2.45) is 5.92 Å². The first kappa shape index (κ1) is 15.0. The highest BCUT2D eigenvalue weighted by atomic mass is 19.1. The molecule has 1 aromatic rings. The third-order valence-electron chi connectivity index (χ3n) is 4.95. The van der Waals surface area contributed by atoms with Gasteiger partial charge in [0.1, 0.15) is 5.82 Å². The van der Waals surface area contributed by atoms with Gasteiger partial charge in [-0.3, -0.25) is 4.90 Å². The molecule has 0 radical (unpaired) electrons. The predicted molar refractivity (Wildman–Crippen MR) is 84.7 cm³/mol. The van der Waals surface area contributed by atoms with Gasteiger partial charge in [-0.1, -0.05) is 26.0 Å². The second-order valence-electron chi connectivity index (χ2n) is 7.15. The zero-order valence-electron chi connectivity index (χ0n) is 13.3. The lowest BCUT2D eigenvalue weighted by Gasteiger charge is -2.27. The van der Waals surface area contributed by atoms with E-state index in [0.29, 0.717) is 24.0 Å². The van der Waals surface area contributed by atoms with E-state index in [1.807, 2.05) is 12.1 Å². The molecule has 2 aliphatic rings. The fraction of sp³-hybridized carbons (Fsp3) is 0.667. The molecule has 0 aromatic heterocycles. The van der Waals surface area contributed by atoms with Gasteiger partial charge in [0.2, 0.25) is 0 Å². The van der Waals surface area contributed by atoms with Crippen LogP contribution in [0.2, 0.25) is 0 Å². The number of likely N-dealkylation sites (tertiary alicyclic amines) is 1. The summed E-state index contributed by atoms with van der Waals surface area (Å²) in [7, 11) is 0. The first-order valence-corrected chi connectivity index (χ1v) is 8.32. The summed E-state index contributed by atoms with van der Waals surface area (Å²) < 4.78 is 13.1. The molecule has 21 heavy (non-hydrogen) atoms. The van der Waals surface area contributed by atoms with E-state index in [2.05, 4.69) is 31.0 Å². The zero-order valence-corrected chi connectivity index (χ0v) is 13.3. The molecule has 2 fully saturated rings. The quantitative estimate of drug-likeness (QED) is 0.888. The Balaban J connectivity index is 1.67. The minimum atomic E-state index is -0.157. The van der Waals surface area contributed by atoms with E-state index < -0.39 is 0 Å². The number of nitrogens with one attached hydrogen (secondary N) is 1. The van der Waals surface area contributed by atoms with Gasteiger partial charge in [0.15, 0.2) is 0 Å². The van der Waals surface area contributed by atoms with Crippen LogP contribution in [0.5, 0.6) is 0 Å². The van der Waals surface area contributed by atoms with Gasteiger partial charge in [-0.25, -0.2) is 4.39 Å². The van der Waals surface area contributed by atoms with Crippen LogP contribution in [0, 0.1) is 11.7 Å². The van der Waals surface area contributed by atoms with Gasteiger partial charge in [0, 0.05) is 30.7 Å². The van der Waals surface area contributed by atoms with Crippen LogP contribution in [-0.2, 0) is 0 Å². The van der Waals surface area contributed by atoms with Crippen molar-refractivity contribution in [1.82, 2.24) is 10.2 Å². The Hall–Kier alpha value is -0.930. The highest BCUT2D eigenvalue weighted by molar-refractivity contribution is 5.21. The van der Waals surface area contributed by atoms with Crippen molar-refractivity contribution in [2.45, 2.75) is 64.2 Å². The van der Waals surface area contributed by atoms with Crippen LogP contribution in [0.1, 0.15) is 51.6 Å². The first-order chi connectivity index (χ1) is 10.0. The third kappa shape index (κ3) is 3.46. The number of hydrogen-bond donors (Lipinski definition) is 1. The SMILES string of the molecule is CC(C)C(NC1CC(C)N(C2CC2)C1)c1ccc(F)cc1. The number of halogens is 1. The van der Waals surface area contributed by atoms with Crippen molar-refractivity contribution in [3.63, 3.8) is 0 Å². The van der Waals surface area contributed by atoms with E-state index in [9.17, 15) is 4.39 Å². The predicted octanol–water partition coefficient (Wildman–Crippen LogP) is 3.74. The van der Waals surface area contributed by atoms with Crippen LogP contribution in [0.4, 0.5) is 4.39 Å². The molecule has 3 atom stereocenters. The van der Waals surface area contributed by atoms with Crippen molar-refractivity contribution >= 4 is 0 Å². The molecule has 1 aliphatic heterocycles. The average molecular weight is 290 g/mol. The van der Waals surface area contributed by atoms with Gasteiger partial charge in [-0.2, -0.15) is 0 Å². The molecule has 1 heterocycles. The minimum Gasteiger partial charge on any atom is -0.306 e. The number of benzene rings is 1. The Bertz CT molecular complexity index is 467. The highest BCUT2D eigenvalue weighted by Gasteiger charge is 2.39. The molecule has 3 heteroatoms. The monoisotopic (exact) mass is 290 g/mol. The van der Waals surface area contributed by atoms with Crippen molar-refractivity contribution in [3.05, 3.63) is 35.6 Å². The Labute approximate surface area is 127 Å². The maximum Gasteiger partial charge on any atom is 0.123 e. The summed E-state index contributed by atoms with van der Waals surface area (Å²) in [5.74, 6) is 0.344. The molecule has 1 aromatic carbocycles. The van der Waals surface area contributed by atoms with Gasteiger partial charge in [-0.05, 0) is 49.8 Å². The van der Waals surface area contributed by atoms with E-state index in [1.165, 1.54) is 24.8 Å². The zero-order chi connectivity index (χ0) is 15.0. The summed E-state index contributed by atoms with van der Waals surface area (Å²) in [5.41, 5.74) is 1.20. The van der Waals surface area contributed by atoms with Crippen LogP contribution >= 0.6 is 0 Å². The summed E-state index contributed by atoms with van der Waals surface area (Å²) >= 11 is 0. The molecule has 1 N–H and O–H groups in total. The average Bonchev–Trinajstić information content (AvgIpc) is 3.21. The topological polar surface area (TPSA) is 15.3 Å². The van der Waals surface area contributed by atoms with Gasteiger partial charge >= 0.3 is 0 Å². The van der Waals surface area contributed by atoms with Crippen LogP contribution in [0.3, 0.4) is 0 Å². The Kier molecular flexibility index (Phi) is 4.32. The van der Waals surface area contributed by atoms with E-state index in [-0.39, 0.29) is 5.82 Å². The van der Waals surface area contributed by atoms with Crippen LogP contribution in [-0.4, -0.2) is 29.6 Å². The molecule has 0 spiro atoms. The lowest BCUT2D eigenvalue weighted by molar-refractivity contribution is 0.252. The minimum absolute atomic E-state index is 0.157. The van der Waals surface area contributed by atoms with E-state index in [1.54, 1.807) is 12.1 Å². The van der Waals surface area contributed by atoms with Crippen LogP contribution in [0.25, 0.3) is 0 Å². The largest absolute Gasteiger partial charge is 0.306 e. The number of rotatable bonds is 5. The lowest BCUT2D eigenvalue weighted by Crippen LogP contribution is -2.38. The summed E-state index contributed by atoms with van der Waals surface area (Å²) in [6.45, 7) is 7.98. The molecule has 0 bridgehead atoms. The number of nitrogens with zero attached hydrogens (tertiary/aromatic N) is 1. The Morgan fingerprint density at radius 1 is 1.19 bits per heavy atom. The maximum absolute atomic E-state index is 13.1. The fourth-order valence-electron chi connectivity index (χ4n) is 3.69. The molecule has 0 amide bonds. The molecule has 1 saturated carbocycles. The highest BCUT2D eigenvalue weighted by Crippen LogP contribution is 2.34. The molecule has 116 valence electrons. The Morgan fingerprint density at radius 3 is 2.43 bits per heavy atom. The molecule has 3 rings (SSSR count). The fourth-order valence-corrected chi connectivity index (χ4v) is 3.69. The van der Waals surface area contributed by atoms with E-state index in [0.717, 1.165) is 12.6 Å². The van der Waals surface area contributed by atoms with E-state index in [4.69, 9.17) is 0 Å². The first-order valence-electron chi connectivity index (χ1n) is 8.32. The molecular weight excluding hydrogens is 263 g/mol. The maximum atomic E-state index is 13.1. The molecule has 2 nitrogen and oxygen atoms in total. The molecular formula is C18H27FN2. The molecule has 3 unspecified atom stereocenters. The van der Waals surface area contributed by atoms with Crippen molar-refractivity contribution in [3.8, 4) is 0 Å². The van der Waals surface area contributed by atoms with Gasteiger partial charge in [0.05, 0.1) is 0 Å². The van der Waals surface area contributed by atoms with Crippen LogP contribution in [0.15, 0.2) is 24.3 Å². The van der Waals surface area contributed by atoms with Crippen LogP contribution < -0.4 is 5.32 Å². The van der Waals surface area contributed by atoms with Crippen molar-refractivity contribution in [1.29, 1.82) is 0 Å². The van der Waals surface area contributed by atoms with E-state index >= 15 is 0 Å². The normalized spacial score (nSPS) is 28.2. The standard InChI is InChI=1S/C18H27FN2/c1-12(2)18(14-4-6-15(19)7-5-14)20-16-10-13(3)21(11-16)17-8-9-17/h4-7,12-13,16-18,20H,8-11H2,1-3H3. The second-order valence-corrected chi connectivity index (χ2v) is 7.15. The Morgan fingerprint density at radius 2 is 1.86 bits per heavy atom.